The third-order valence-electron chi connectivity index (χ3n) is 17.4. The average molecular weight is 1370 g/mol. The first-order chi connectivity index (χ1) is 44.6. The molecule has 0 aliphatic carbocycles. The van der Waals surface area contributed by atoms with Crippen molar-refractivity contribution in [2.45, 2.75) is 388 Å². The number of phosphoric acid groups is 2. The smallest absolute Gasteiger partial charge is 0.462 e. The fourth-order valence-corrected chi connectivity index (χ4v) is 12.7. The lowest BCUT2D eigenvalue weighted by atomic mass is 9.99. The van der Waals surface area contributed by atoms with Crippen molar-refractivity contribution in [3.63, 3.8) is 0 Å². The molecule has 6 atom stereocenters. The number of phosphoric ester groups is 2. The van der Waals surface area contributed by atoms with Crippen molar-refractivity contribution in [2.24, 2.45) is 23.7 Å². The van der Waals surface area contributed by atoms with Gasteiger partial charge in [-0.15, -0.1) is 0 Å². The van der Waals surface area contributed by atoms with Gasteiger partial charge >= 0.3 is 39.5 Å². The van der Waals surface area contributed by atoms with Crippen molar-refractivity contribution in [3.8, 4) is 0 Å². The standard InChI is InChI=1S/C74H144O17P2/c1-9-67(8)53-45-37-29-23-24-32-41-49-57-74(79)91-70(61-85-72(77)55-47-39-33-25-28-36-44-52-66(6)7)63-89-93(82,83)87-59-68(75)58-86-92(80,81)88-62-69(90-73(78)56-48-40-31-22-18-20-27-35-43-51-65(4)5)60-84-71(76)54-46-38-30-21-17-15-13-11-10-12-14-16-19-26-34-42-50-64(2)3/h64-70,75H,9-63H2,1-8H3,(H,80,81)(H,82,83)/t67?,68?,69-,70-/m1/s1. The van der Waals surface area contributed by atoms with E-state index in [2.05, 4.69) is 55.4 Å². The van der Waals surface area contributed by atoms with Crippen molar-refractivity contribution >= 4 is 39.5 Å². The molecular weight excluding hydrogens is 1220 g/mol. The first kappa shape index (κ1) is 91.1. The van der Waals surface area contributed by atoms with Crippen LogP contribution in [0.2, 0.25) is 0 Å². The summed E-state index contributed by atoms with van der Waals surface area (Å²) in [6.45, 7) is 14.1. The second-order valence-corrected chi connectivity index (χ2v) is 31.3. The van der Waals surface area contributed by atoms with Gasteiger partial charge in [0.15, 0.2) is 12.2 Å². The Balaban J connectivity index is 5.21. The van der Waals surface area contributed by atoms with Crippen LogP contribution < -0.4 is 0 Å². The van der Waals surface area contributed by atoms with Crippen LogP contribution in [-0.4, -0.2) is 96.7 Å². The molecule has 0 rings (SSSR count). The van der Waals surface area contributed by atoms with Crippen molar-refractivity contribution in [3.05, 3.63) is 0 Å². The molecule has 0 heterocycles. The number of aliphatic hydroxyl groups is 1. The second-order valence-electron chi connectivity index (χ2n) is 28.4. The Labute approximate surface area is 568 Å². The van der Waals surface area contributed by atoms with E-state index in [1.165, 1.54) is 167 Å². The van der Waals surface area contributed by atoms with E-state index in [4.69, 9.17) is 37.0 Å². The topological polar surface area (TPSA) is 237 Å². The minimum Gasteiger partial charge on any atom is -0.462 e. The van der Waals surface area contributed by atoms with Gasteiger partial charge in [0.2, 0.25) is 0 Å². The van der Waals surface area contributed by atoms with Crippen molar-refractivity contribution < 1.29 is 80.2 Å². The highest BCUT2D eigenvalue weighted by Crippen LogP contribution is 2.45. The predicted molar refractivity (Wildman–Crippen MR) is 377 cm³/mol. The zero-order valence-electron chi connectivity index (χ0n) is 60.9. The van der Waals surface area contributed by atoms with Gasteiger partial charge in [0, 0.05) is 25.7 Å². The zero-order chi connectivity index (χ0) is 68.9. The molecule has 0 bridgehead atoms. The minimum absolute atomic E-state index is 0.104. The fraction of sp³-hybridized carbons (Fsp3) is 0.946. The van der Waals surface area contributed by atoms with E-state index in [0.717, 1.165) is 114 Å². The van der Waals surface area contributed by atoms with E-state index in [0.29, 0.717) is 31.6 Å². The van der Waals surface area contributed by atoms with Crippen LogP contribution in [0.5, 0.6) is 0 Å². The summed E-state index contributed by atoms with van der Waals surface area (Å²) in [4.78, 5) is 72.7. The Kier molecular flexibility index (Phi) is 62.2. The van der Waals surface area contributed by atoms with E-state index < -0.39 is 97.5 Å². The summed E-state index contributed by atoms with van der Waals surface area (Å²) in [5.74, 6) is 0.897. The molecule has 0 aliphatic rings. The van der Waals surface area contributed by atoms with Gasteiger partial charge < -0.3 is 33.8 Å². The van der Waals surface area contributed by atoms with E-state index in [9.17, 15) is 43.2 Å². The molecule has 0 spiro atoms. The van der Waals surface area contributed by atoms with E-state index >= 15 is 0 Å². The third kappa shape index (κ3) is 67.0. The lowest BCUT2D eigenvalue weighted by Gasteiger charge is -2.21. The van der Waals surface area contributed by atoms with Crippen LogP contribution in [0.25, 0.3) is 0 Å². The van der Waals surface area contributed by atoms with E-state index in [1.807, 2.05) is 0 Å². The minimum atomic E-state index is -4.96. The largest absolute Gasteiger partial charge is 0.472 e. The normalized spacial score (nSPS) is 14.5. The van der Waals surface area contributed by atoms with Crippen LogP contribution in [0.15, 0.2) is 0 Å². The van der Waals surface area contributed by atoms with Gasteiger partial charge in [-0.1, -0.05) is 319 Å². The van der Waals surface area contributed by atoms with Gasteiger partial charge in [0.05, 0.1) is 26.4 Å². The van der Waals surface area contributed by atoms with Gasteiger partial charge in [-0.2, -0.15) is 0 Å². The van der Waals surface area contributed by atoms with Crippen molar-refractivity contribution in [1.82, 2.24) is 0 Å². The maximum absolute atomic E-state index is 13.1. The maximum atomic E-state index is 13.1. The second kappa shape index (κ2) is 63.5. The number of hydrogen-bond donors (Lipinski definition) is 3. The van der Waals surface area contributed by atoms with Crippen LogP contribution in [0.3, 0.4) is 0 Å². The van der Waals surface area contributed by atoms with Crippen LogP contribution in [-0.2, 0) is 65.4 Å². The number of rotatable bonds is 71. The number of hydrogen-bond acceptors (Lipinski definition) is 15. The molecule has 93 heavy (non-hydrogen) atoms. The Morgan fingerprint density at radius 3 is 0.763 bits per heavy atom. The molecule has 0 radical (unpaired) electrons. The van der Waals surface area contributed by atoms with Gasteiger partial charge in [-0.25, -0.2) is 9.13 Å². The molecule has 0 amide bonds. The SMILES string of the molecule is CCC(C)CCCCCCCCCCC(=O)O[C@H](COC(=O)CCCCCCCCCC(C)C)COP(=O)(O)OCC(O)COP(=O)(O)OC[C@@H](COC(=O)CCCCCCCCCCCCCCCCCCC(C)C)OC(=O)CCCCCCCCCCCC(C)C. The third-order valence-corrected chi connectivity index (χ3v) is 19.3. The first-order valence-corrected chi connectivity index (χ1v) is 41.2. The molecule has 552 valence electrons. The highest BCUT2D eigenvalue weighted by molar-refractivity contribution is 7.47. The molecule has 0 aromatic rings. The highest BCUT2D eigenvalue weighted by Gasteiger charge is 2.30. The summed E-state index contributed by atoms with van der Waals surface area (Å²) in [5.41, 5.74) is 0. The summed E-state index contributed by atoms with van der Waals surface area (Å²) in [7, 11) is -9.91. The van der Waals surface area contributed by atoms with Crippen LogP contribution >= 0.6 is 15.6 Å². The quantitative estimate of drug-likeness (QED) is 0.0222. The summed E-state index contributed by atoms with van der Waals surface area (Å²) >= 11 is 0. The molecule has 4 unspecified atom stereocenters. The van der Waals surface area contributed by atoms with Gasteiger partial charge in [-0.3, -0.25) is 37.3 Å². The van der Waals surface area contributed by atoms with E-state index in [-0.39, 0.29) is 25.7 Å². The van der Waals surface area contributed by atoms with Gasteiger partial charge in [0.1, 0.15) is 19.3 Å². The molecule has 0 aromatic carbocycles. The summed E-state index contributed by atoms with van der Waals surface area (Å²) in [5, 5.41) is 10.6. The van der Waals surface area contributed by atoms with Gasteiger partial charge in [0.25, 0.3) is 0 Å². The van der Waals surface area contributed by atoms with Gasteiger partial charge in [-0.05, 0) is 49.4 Å². The molecule has 17 nitrogen and oxygen atoms in total. The van der Waals surface area contributed by atoms with Crippen molar-refractivity contribution in [2.75, 3.05) is 39.6 Å². The number of carbonyl (C=O) groups is 4. The molecule has 0 aromatic heterocycles. The lowest BCUT2D eigenvalue weighted by Crippen LogP contribution is -2.30. The van der Waals surface area contributed by atoms with Crippen LogP contribution in [0, 0.1) is 23.7 Å². The summed E-state index contributed by atoms with van der Waals surface area (Å²) in [6, 6.07) is 0. The number of carbonyl (C=O) groups excluding carboxylic acids is 4. The summed E-state index contributed by atoms with van der Waals surface area (Å²) < 4.78 is 68.4. The Morgan fingerprint density at radius 1 is 0.301 bits per heavy atom. The lowest BCUT2D eigenvalue weighted by molar-refractivity contribution is -0.161. The monoisotopic (exact) mass is 1370 g/mol. The van der Waals surface area contributed by atoms with Crippen molar-refractivity contribution in [1.29, 1.82) is 0 Å². The zero-order valence-corrected chi connectivity index (χ0v) is 62.7. The summed E-state index contributed by atoms with van der Waals surface area (Å²) in [6.07, 6.45) is 47.3. The number of aliphatic hydroxyl groups excluding tert-OH is 1. The number of ether oxygens (including phenoxy) is 4. The predicted octanol–water partition coefficient (Wildman–Crippen LogP) is 21.3. The van der Waals surface area contributed by atoms with Crippen LogP contribution in [0.4, 0.5) is 0 Å². The van der Waals surface area contributed by atoms with Crippen LogP contribution in [0.1, 0.15) is 370 Å². The molecular formula is C74H144O17P2. The van der Waals surface area contributed by atoms with E-state index in [1.54, 1.807) is 0 Å². The Bertz CT molecular complexity index is 1840. The molecule has 0 saturated heterocycles. The number of esters is 4. The molecule has 0 aliphatic heterocycles. The molecule has 19 heteroatoms. The maximum Gasteiger partial charge on any atom is 0.472 e. The average Bonchev–Trinajstić information content (AvgIpc) is 2.13. The fourth-order valence-electron chi connectivity index (χ4n) is 11.2. The highest BCUT2D eigenvalue weighted by atomic mass is 31.2. The molecule has 0 fully saturated rings. The first-order valence-electron chi connectivity index (χ1n) is 38.2. The Morgan fingerprint density at radius 2 is 0.516 bits per heavy atom. The molecule has 3 N–H and O–H groups in total. The molecule has 0 saturated carbocycles. The Hall–Kier alpha value is -1.94. The number of unbranched alkanes of at least 4 members (excludes halogenated alkanes) is 36.